The van der Waals surface area contributed by atoms with E-state index in [9.17, 15) is 14.4 Å². The summed E-state index contributed by atoms with van der Waals surface area (Å²) in [7, 11) is 1.28. The molecule has 1 aliphatic carbocycles. The van der Waals surface area contributed by atoms with E-state index in [-0.39, 0.29) is 12.8 Å². The van der Waals surface area contributed by atoms with Crippen LogP contribution in [-0.4, -0.2) is 37.7 Å². The van der Waals surface area contributed by atoms with Crippen LogP contribution >= 0.6 is 0 Å². The summed E-state index contributed by atoms with van der Waals surface area (Å²) in [5.74, 6) is -2.65. The van der Waals surface area contributed by atoms with Gasteiger partial charge in [0, 0.05) is 0 Å². The predicted molar refractivity (Wildman–Crippen MR) is 89.7 cm³/mol. The molecule has 3 atom stereocenters. The maximum atomic E-state index is 12.3. The smallest absolute Gasteiger partial charge is 0.338 e. The van der Waals surface area contributed by atoms with Crippen LogP contribution in [0.5, 0.6) is 0 Å². The van der Waals surface area contributed by atoms with E-state index in [2.05, 4.69) is 0 Å². The Hall–Kier alpha value is -2.37. The number of hydrogen-bond acceptors (Lipinski definition) is 6. The number of unbranched alkanes of at least 4 members (excludes halogenated alkanes) is 1. The Morgan fingerprint density at radius 1 is 1.04 bits per heavy atom. The molecule has 1 aliphatic rings. The summed E-state index contributed by atoms with van der Waals surface area (Å²) in [6.45, 7) is 2.33. The first kappa shape index (κ1) is 19.0. The van der Waals surface area contributed by atoms with Crippen LogP contribution in [0, 0.1) is 11.8 Å². The van der Waals surface area contributed by atoms with E-state index in [1.165, 1.54) is 7.11 Å². The van der Waals surface area contributed by atoms with E-state index in [0.717, 1.165) is 12.8 Å². The van der Waals surface area contributed by atoms with Crippen molar-refractivity contribution in [1.82, 2.24) is 0 Å². The topological polar surface area (TPSA) is 78.9 Å². The van der Waals surface area contributed by atoms with Gasteiger partial charge in [0.2, 0.25) is 0 Å². The predicted octanol–water partition coefficient (Wildman–Crippen LogP) is 2.75. The van der Waals surface area contributed by atoms with Crippen LogP contribution in [0.1, 0.15) is 43.0 Å². The lowest BCUT2D eigenvalue weighted by atomic mass is 9.96. The molecule has 1 aromatic rings. The second kappa shape index (κ2) is 9.20. The van der Waals surface area contributed by atoms with Crippen LogP contribution in [0.4, 0.5) is 0 Å². The highest BCUT2D eigenvalue weighted by Gasteiger charge is 2.45. The summed E-state index contributed by atoms with van der Waals surface area (Å²) in [4.78, 5) is 36.5. The molecule has 2 rings (SSSR count). The molecule has 0 amide bonds. The van der Waals surface area contributed by atoms with Gasteiger partial charge in [0.25, 0.3) is 0 Å². The number of rotatable bonds is 7. The van der Waals surface area contributed by atoms with Crippen molar-refractivity contribution in [3.8, 4) is 0 Å². The molecule has 0 aromatic heterocycles. The van der Waals surface area contributed by atoms with Gasteiger partial charge in [-0.05, 0) is 31.4 Å². The van der Waals surface area contributed by atoms with E-state index < -0.39 is 35.8 Å². The van der Waals surface area contributed by atoms with Gasteiger partial charge in [-0.3, -0.25) is 9.59 Å². The number of carbonyl (C=O) groups is 3. The van der Waals surface area contributed by atoms with E-state index in [1.807, 2.05) is 13.0 Å². The fraction of sp³-hybridized carbons (Fsp3) is 0.526. The van der Waals surface area contributed by atoms with E-state index in [0.29, 0.717) is 12.2 Å². The monoisotopic (exact) mass is 348 g/mol. The zero-order valence-corrected chi connectivity index (χ0v) is 14.6. The Bertz CT molecular complexity index is 597. The molecule has 0 bridgehead atoms. The molecule has 6 heteroatoms. The van der Waals surface area contributed by atoms with Crippen molar-refractivity contribution in [2.75, 3.05) is 13.7 Å². The molecule has 1 fully saturated rings. The Morgan fingerprint density at radius 3 is 2.28 bits per heavy atom. The molecule has 0 radical (unpaired) electrons. The third kappa shape index (κ3) is 5.05. The molecule has 0 unspecified atom stereocenters. The minimum absolute atomic E-state index is 0.263. The van der Waals surface area contributed by atoms with Crippen molar-refractivity contribution < 1.29 is 28.6 Å². The number of methoxy groups -OCH3 is 1. The Morgan fingerprint density at radius 2 is 1.68 bits per heavy atom. The minimum atomic E-state index is -0.646. The molecule has 0 spiro atoms. The van der Waals surface area contributed by atoms with Crippen molar-refractivity contribution in [2.24, 2.45) is 11.8 Å². The van der Waals surface area contributed by atoms with Gasteiger partial charge in [-0.2, -0.15) is 0 Å². The van der Waals surface area contributed by atoms with Crippen molar-refractivity contribution in [2.45, 2.75) is 38.7 Å². The summed E-state index contributed by atoms with van der Waals surface area (Å²) in [6.07, 6.45) is 1.70. The number of ether oxygens (including phenoxy) is 3. The second-order valence-electron chi connectivity index (χ2n) is 6.12. The average Bonchev–Trinajstić information content (AvgIpc) is 3.05. The Kier molecular flexibility index (Phi) is 6.98. The summed E-state index contributed by atoms with van der Waals surface area (Å²) in [5, 5.41) is 0. The zero-order chi connectivity index (χ0) is 18.2. The number of hydrogen-bond donors (Lipinski definition) is 0. The molecule has 0 aliphatic heterocycles. The molecule has 1 saturated carbocycles. The lowest BCUT2D eigenvalue weighted by Gasteiger charge is -2.15. The highest BCUT2D eigenvalue weighted by Crippen LogP contribution is 2.36. The molecular weight excluding hydrogens is 324 g/mol. The van der Waals surface area contributed by atoms with Crippen LogP contribution in [0.15, 0.2) is 30.3 Å². The second-order valence-corrected chi connectivity index (χ2v) is 6.12. The number of esters is 3. The van der Waals surface area contributed by atoms with Gasteiger partial charge in [-0.25, -0.2) is 4.79 Å². The summed E-state index contributed by atoms with van der Waals surface area (Å²) in [5.41, 5.74) is 0.436. The van der Waals surface area contributed by atoms with Gasteiger partial charge in [-0.15, -0.1) is 0 Å². The lowest BCUT2D eigenvalue weighted by Crippen LogP contribution is -2.28. The summed E-state index contributed by atoms with van der Waals surface area (Å²) in [6, 6.07) is 8.62. The first-order valence-electron chi connectivity index (χ1n) is 8.57. The first-order chi connectivity index (χ1) is 12.1. The molecule has 0 N–H and O–H groups in total. The molecule has 136 valence electrons. The van der Waals surface area contributed by atoms with Crippen LogP contribution in [-0.2, 0) is 23.8 Å². The highest BCUT2D eigenvalue weighted by molar-refractivity contribution is 5.89. The van der Waals surface area contributed by atoms with Crippen LogP contribution in [0.25, 0.3) is 0 Å². The van der Waals surface area contributed by atoms with Crippen LogP contribution in [0.3, 0.4) is 0 Å². The van der Waals surface area contributed by atoms with Gasteiger partial charge in [0.1, 0.15) is 6.10 Å². The quantitative estimate of drug-likeness (QED) is 0.428. The van der Waals surface area contributed by atoms with Crippen LogP contribution < -0.4 is 0 Å². The van der Waals surface area contributed by atoms with Gasteiger partial charge in [-0.1, -0.05) is 31.5 Å². The van der Waals surface area contributed by atoms with Crippen LogP contribution in [0.2, 0.25) is 0 Å². The third-order valence-corrected chi connectivity index (χ3v) is 4.35. The maximum Gasteiger partial charge on any atom is 0.338 e. The van der Waals surface area contributed by atoms with Crippen molar-refractivity contribution in [3.05, 3.63) is 35.9 Å². The third-order valence-electron chi connectivity index (χ3n) is 4.35. The Balaban J connectivity index is 2.01. The molecule has 6 nitrogen and oxygen atoms in total. The number of benzene rings is 1. The van der Waals surface area contributed by atoms with E-state index in [1.54, 1.807) is 24.3 Å². The highest BCUT2D eigenvalue weighted by atomic mass is 16.6. The molecule has 0 saturated heterocycles. The lowest BCUT2D eigenvalue weighted by molar-refractivity contribution is -0.157. The fourth-order valence-electron chi connectivity index (χ4n) is 2.98. The molecule has 0 heterocycles. The summed E-state index contributed by atoms with van der Waals surface area (Å²) >= 11 is 0. The fourth-order valence-corrected chi connectivity index (χ4v) is 2.98. The van der Waals surface area contributed by atoms with Crippen molar-refractivity contribution in [3.63, 3.8) is 0 Å². The van der Waals surface area contributed by atoms with Gasteiger partial charge >= 0.3 is 17.9 Å². The van der Waals surface area contributed by atoms with E-state index >= 15 is 0 Å². The van der Waals surface area contributed by atoms with Crippen molar-refractivity contribution in [1.29, 1.82) is 0 Å². The summed E-state index contributed by atoms with van der Waals surface area (Å²) < 4.78 is 15.5. The van der Waals surface area contributed by atoms with Gasteiger partial charge < -0.3 is 14.2 Å². The van der Waals surface area contributed by atoms with Gasteiger partial charge in [0.15, 0.2) is 0 Å². The minimum Gasteiger partial charge on any atom is -0.469 e. The normalized spacial score (nSPS) is 22.2. The zero-order valence-electron chi connectivity index (χ0n) is 14.6. The standard InChI is InChI=1S/C19H24O6/c1-3-4-10-24-19(22)16-12-14(11-15(16)18(21)23-2)25-17(20)13-8-6-5-7-9-13/h5-9,14-16H,3-4,10-12H2,1-2H3/t14-,15+,16+/m0/s1. The molecule has 25 heavy (non-hydrogen) atoms. The Labute approximate surface area is 147 Å². The maximum absolute atomic E-state index is 12.3. The average molecular weight is 348 g/mol. The number of carbonyl (C=O) groups excluding carboxylic acids is 3. The largest absolute Gasteiger partial charge is 0.469 e. The SMILES string of the molecule is CCCCOC(=O)[C@@H]1C[C@@H](OC(=O)c2ccccc2)C[C@H]1C(=O)OC. The van der Waals surface area contributed by atoms with Gasteiger partial charge in [0.05, 0.1) is 31.1 Å². The molecule has 1 aromatic carbocycles. The first-order valence-corrected chi connectivity index (χ1v) is 8.57. The van der Waals surface area contributed by atoms with E-state index in [4.69, 9.17) is 14.2 Å². The van der Waals surface area contributed by atoms with Crippen molar-refractivity contribution >= 4 is 17.9 Å². The molecular formula is C19H24O6.